The van der Waals surface area contributed by atoms with Crippen molar-refractivity contribution in [1.82, 2.24) is 10.2 Å². The van der Waals surface area contributed by atoms with E-state index in [0.29, 0.717) is 25.9 Å². The second-order valence-corrected chi connectivity index (χ2v) is 8.57. The lowest BCUT2D eigenvalue weighted by molar-refractivity contribution is -0.156. The quantitative estimate of drug-likeness (QED) is 0.691. The van der Waals surface area contributed by atoms with Crippen LogP contribution in [-0.2, 0) is 19.1 Å². The fourth-order valence-electron chi connectivity index (χ4n) is 4.55. The Labute approximate surface area is 185 Å². The number of likely N-dealkylation sites (tertiary alicyclic amines) is 1. The van der Waals surface area contributed by atoms with Crippen LogP contribution in [0.3, 0.4) is 0 Å². The van der Waals surface area contributed by atoms with Gasteiger partial charge in [0.2, 0.25) is 5.91 Å². The van der Waals surface area contributed by atoms with Gasteiger partial charge in [-0.15, -0.1) is 0 Å². The number of nitrogens with zero attached hydrogens (tertiary/aromatic N) is 1. The molecule has 1 aliphatic heterocycles. The van der Waals surface area contributed by atoms with E-state index in [4.69, 9.17) is 14.6 Å². The Hall–Kier alpha value is -3.39. The summed E-state index contributed by atoms with van der Waals surface area (Å²) < 4.78 is 10.8. The first-order chi connectivity index (χ1) is 15.5. The number of benzene rings is 2. The number of aliphatic carboxylic acids is 1. The summed E-state index contributed by atoms with van der Waals surface area (Å²) in [6.45, 7) is 0.481. The number of carboxylic acids is 1. The maximum absolute atomic E-state index is 12.8. The highest BCUT2D eigenvalue weighted by Gasteiger charge is 2.55. The predicted molar refractivity (Wildman–Crippen MR) is 114 cm³/mol. The molecule has 0 unspecified atom stereocenters. The maximum atomic E-state index is 12.8. The first-order valence-electron chi connectivity index (χ1n) is 10.7. The van der Waals surface area contributed by atoms with Gasteiger partial charge in [-0.3, -0.25) is 4.79 Å². The van der Waals surface area contributed by atoms with E-state index in [1.165, 1.54) is 0 Å². The first-order valence-corrected chi connectivity index (χ1v) is 10.7. The molecule has 1 saturated carbocycles. The van der Waals surface area contributed by atoms with Crippen molar-refractivity contribution >= 4 is 18.0 Å². The van der Waals surface area contributed by atoms with E-state index in [-0.39, 0.29) is 31.1 Å². The number of amides is 2. The molecule has 2 amide bonds. The molecule has 2 aliphatic carbocycles. The normalized spacial score (nSPS) is 18.3. The largest absolute Gasteiger partial charge is 0.480 e. The molecule has 8 heteroatoms. The molecule has 166 valence electrons. The summed E-state index contributed by atoms with van der Waals surface area (Å²) in [5.41, 5.74) is 3.66. The lowest BCUT2D eigenvalue weighted by Gasteiger charge is -2.40. The van der Waals surface area contributed by atoms with Crippen molar-refractivity contribution in [2.75, 3.05) is 26.3 Å². The van der Waals surface area contributed by atoms with Gasteiger partial charge in [0.1, 0.15) is 18.8 Å². The highest BCUT2D eigenvalue weighted by Crippen LogP contribution is 2.44. The van der Waals surface area contributed by atoms with Gasteiger partial charge in [0, 0.05) is 19.0 Å². The average Bonchev–Trinajstić information content (AvgIpc) is 3.46. The highest BCUT2D eigenvalue weighted by molar-refractivity contribution is 5.93. The van der Waals surface area contributed by atoms with Crippen LogP contribution >= 0.6 is 0 Å². The van der Waals surface area contributed by atoms with Crippen molar-refractivity contribution < 1.29 is 29.0 Å². The van der Waals surface area contributed by atoms with Crippen LogP contribution in [0.2, 0.25) is 0 Å². The van der Waals surface area contributed by atoms with Crippen molar-refractivity contribution in [2.45, 2.75) is 30.4 Å². The minimum atomic E-state index is -1.04. The number of hydrogen-bond acceptors (Lipinski definition) is 5. The molecule has 0 spiro atoms. The number of rotatable bonds is 7. The van der Waals surface area contributed by atoms with Crippen LogP contribution in [0.25, 0.3) is 11.1 Å². The predicted octanol–water partition coefficient (Wildman–Crippen LogP) is 2.37. The van der Waals surface area contributed by atoms with Crippen molar-refractivity contribution in [3.8, 4) is 11.1 Å². The van der Waals surface area contributed by atoms with E-state index >= 15 is 0 Å². The summed E-state index contributed by atoms with van der Waals surface area (Å²) in [6.07, 6.45) is 0.248. The van der Waals surface area contributed by atoms with E-state index in [9.17, 15) is 14.4 Å². The fraction of sp³-hybridized carbons (Fsp3) is 0.375. The van der Waals surface area contributed by atoms with Gasteiger partial charge in [-0.1, -0.05) is 48.5 Å². The van der Waals surface area contributed by atoms with E-state index in [1.807, 2.05) is 24.3 Å². The maximum Gasteiger partial charge on any atom is 0.408 e. The molecule has 2 aromatic rings. The molecule has 0 bridgehead atoms. The molecular weight excluding hydrogens is 412 g/mol. The van der Waals surface area contributed by atoms with E-state index in [1.54, 1.807) is 4.90 Å². The van der Waals surface area contributed by atoms with Gasteiger partial charge >= 0.3 is 12.1 Å². The molecule has 0 aromatic heterocycles. The molecule has 0 atom stereocenters. The molecule has 32 heavy (non-hydrogen) atoms. The zero-order valence-corrected chi connectivity index (χ0v) is 17.5. The van der Waals surface area contributed by atoms with Crippen molar-refractivity contribution in [2.24, 2.45) is 0 Å². The minimum absolute atomic E-state index is 0.0403. The third-order valence-corrected chi connectivity index (χ3v) is 6.42. The van der Waals surface area contributed by atoms with Gasteiger partial charge < -0.3 is 24.8 Å². The lowest BCUT2D eigenvalue weighted by atomic mass is 9.98. The van der Waals surface area contributed by atoms with E-state index < -0.39 is 17.6 Å². The summed E-state index contributed by atoms with van der Waals surface area (Å²) in [5.74, 6) is -1.24. The van der Waals surface area contributed by atoms with Crippen LogP contribution < -0.4 is 5.32 Å². The number of fused-ring (bicyclic) bond motifs is 3. The molecule has 3 aliphatic rings. The minimum Gasteiger partial charge on any atom is -0.480 e. The zero-order chi connectivity index (χ0) is 22.3. The van der Waals surface area contributed by atoms with E-state index in [2.05, 4.69) is 29.6 Å². The molecule has 1 saturated heterocycles. The van der Waals surface area contributed by atoms with Crippen molar-refractivity contribution in [3.05, 3.63) is 59.7 Å². The molecule has 2 aromatic carbocycles. The molecule has 2 N–H and O–H groups in total. The number of nitrogens with one attached hydrogen (secondary N) is 1. The van der Waals surface area contributed by atoms with Crippen molar-refractivity contribution in [1.29, 1.82) is 0 Å². The monoisotopic (exact) mass is 436 g/mol. The SMILES string of the molecule is O=C(O)COC1CN(C(=O)C2(NC(=O)OCC3c4ccccc4-c4ccccc43)CC2)C1. The van der Waals surface area contributed by atoms with Crippen LogP contribution in [0, 0.1) is 0 Å². The fourth-order valence-corrected chi connectivity index (χ4v) is 4.55. The Morgan fingerprint density at radius 3 is 2.16 bits per heavy atom. The Bertz CT molecular complexity index is 1030. The Morgan fingerprint density at radius 2 is 1.59 bits per heavy atom. The van der Waals surface area contributed by atoms with Crippen molar-refractivity contribution in [3.63, 3.8) is 0 Å². The molecule has 2 fully saturated rings. The highest BCUT2D eigenvalue weighted by atomic mass is 16.5. The zero-order valence-electron chi connectivity index (χ0n) is 17.5. The van der Waals surface area contributed by atoms with Gasteiger partial charge in [0.05, 0.1) is 6.10 Å². The summed E-state index contributed by atoms with van der Waals surface area (Å²) in [6, 6.07) is 16.2. The third-order valence-electron chi connectivity index (χ3n) is 6.42. The summed E-state index contributed by atoms with van der Waals surface area (Å²) in [7, 11) is 0. The second kappa shape index (κ2) is 7.94. The number of carboxylic acid groups (broad SMARTS) is 1. The van der Waals surface area contributed by atoms with E-state index in [0.717, 1.165) is 22.3 Å². The Morgan fingerprint density at radius 1 is 1.00 bits per heavy atom. The number of carbonyl (C=O) groups excluding carboxylic acids is 2. The smallest absolute Gasteiger partial charge is 0.408 e. The topological polar surface area (TPSA) is 105 Å². The van der Waals surface area contributed by atoms with Gasteiger partial charge in [-0.2, -0.15) is 0 Å². The van der Waals surface area contributed by atoms with Crippen LogP contribution in [0.5, 0.6) is 0 Å². The first kappa shape index (κ1) is 20.5. The Balaban J connectivity index is 1.17. The van der Waals surface area contributed by atoms with Gasteiger partial charge in [0.15, 0.2) is 0 Å². The molecular formula is C24H24N2O6. The number of carbonyl (C=O) groups is 3. The van der Waals surface area contributed by atoms with Gasteiger partial charge in [0.25, 0.3) is 0 Å². The lowest BCUT2D eigenvalue weighted by Crippen LogP contribution is -2.61. The molecule has 5 rings (SSSR count). The molecule has 0 radical (unpaired) electrons. The van der Waals surface area contributed by atoms with Gasteiger partial charge in [-0.25, -0.2) is 9.59 Å². The number of hydrogen-bond donors (Lipinski definition) is 2. The summed E-state index contributed by atoms with van der Waals surface area (Å²) in [4.78, 5) is 37.5. The van der Waals surface area contributed by atoms with Gasteiger partial charge in [-0.05, 0) is 35.1 Å². The number of ether oxygens (including phenoxy) is 2. The average molecular weight is 436 g/mol. The summed E-state index contributed by atoms with van der Waals surface area (Å²) >= 11 is 0. The van der Waals surface area contributed by atoms with Crippen LogP contribution in [-0.4, -0.2) is 65.9 Å². The van der Waals surface area contributed by atoms with Crippen LogP contribution in [0.4, 0.5) is 4.79 Å². The molecule has 1 heterocycles. The number of alkyl carbamates (subject to hydrolysis) is 1. The standard InChI is InChI=1S/C24H24N2O6/c27-21(28)14-31-15-11-26(12-15)22(29)24(9-10-24)25-23(30)32-13-20-18-7-3-1-5-16(18)17-6-2-4-8-19(17)20/h1-8,15,20H,9-14H2,(H,25,30)(H,27,28). The second-order valence-electron chi connectivity index (χ2n) is 8.57. The van der Waals surface area contributed by atoms with Crippen LogP contribution in [0.15, 0.2) is 48.5 Å². The Kier molecular flexibility index (Phi) is 5.09. The molecule has 8 nitrogen and oxygen atoms in total. The third kappa shape index (κ3) is 3.71. The summed E-state index contributed by atoms with van der Waals surface area (Å²) in [5, 5.41) is 11.4. The van der Waals surface area contributed by atoms with Crippen LogP contribution in [0.1, 0.15) is 29.9 Å².